The quantitative estimate of drug-likeness (QED) is 0.855. The van der Waals surface area contributed by atoms with Gasteiger partial charge in [-0.25, -0.2) is 0 Å². The first-order valence-electron chi connectivity index (χ1n) is 5.98. The molecule has 0 aromatic heterocycles. The highest BCUT2D eigenvalue weighted by molar-refractivity contribution is 5.81. The van der Waals surface area contributed by atoms with E-state index in [2.05, 4.69) is 0 Å². The average molecular weight is 256 g/mol. The Labute approximate surface area is 112 Å². The van der Waals surface area contributed by atoms with E-state index in [1.54, 1.807) is 24.3 Å². The van der Waals surface area contributed by atoms with E-state index < -0.39 is 11.9 Å². The zero-order valence-electron chi connectivity index (χ0n) is 10.5. The minimum Gasteiger partial charge on any atom is -0.489 e. The van der Waals surface area contributed by atoms with Gasteiger partial charge in [-0.1, -0.05) is 42.5 Å². The average Bonchev–Trinajstić information content (AvgIpc) is 2.46. The first kappa shape index (κ1) is 13.1. The molecule has 98 valence electrons. The zero-order chi connectivity index (χ0) is 13.7. The molecule has 0 spiro atoms. The molecule has 2 aromatic carbocycles. The van der Waals surface area contributed by atoms with Gasteiger partial charge in [0.25, 0.3) is 0 Å². The minimum atomic E-state index is -0.775. The molecule has 1 amide bonds. The summed E-state index contributed by atoms with van der Waals surface area (Å²) in [7, 11) is 0. The van der Waals surface area contributed by atoms with Crippen LogP contribution in [0.25, 0.3) is 0 Å². The molecule has 0 heterocycles. The topological polar surface area (TPSA) is 78.3 Å². The van der Waals surface area contributed by atoms with Crippen LogP contribution in [0.3, 0.4) is 0 Å². The fourth-order valence-electron chi connectivity index (χ4n) is 1.68. The van der Waals surface area contributed by atoms with E-state index in [0.29, 0.717) is 12.2 Å². The molecule has 19 heavy (non-hydrogen) atoms. The molecule has 0 unspecified atom stereocenters. The van der Waals surface area contributed by atoms with E-state index >= 15 is 0 Å². The first-order valence-corrected chi connectivity index (χ1v) is 5.98. The second kappa shape index (κ2) is 6.02. The molecule has 0 aliphatic heterocycles. The molecular formula is C15H16N2O2. The van der Waals surface area contributed by atoms with Crippen LogP contribution in [0.5, 0.6) is 5.75 Å². The second-order valence-corrected chi connectivity index (χ2v) is 4.22. The number of benzene rings is 2. The Bertz CT molecular complexity index is 538. The van der Waals surface area contributed by atoms with Gasteiger partial charge in [-0.05, 0) is 23.3 Å². The van der Waals surface area contributed by atoms with Crippen LogP contribution in [-0.4, -0.2) is 5.91 Å². The smallest absolute Gasteiger partial charge is 0.238 e. The molecule has 4 N–H and O–H groups in total. The van der Waals surface area contributed by atoms with Crippen LogP contribution in [0.2, 0.25) is 0 Å². The van der Waals surface area contributed by atoms with Crippen LogP contribution in [0.4, 0.5) is 0 Å². The van der Waals surface area contributed by atoms with Crippen molar-refractivity contribution < 1.29 is 9.53 Å². The van der Waals surface area contributed by atoms with E-state index in [0.717, 1.165) is 11.3 Å². The minimum absolute atomic E-state index is 0.502. The molecule has 4 nitrogen and oxygen atoms in total. The molecule has 2 aromatic rings. The van der Waals surface area contributed by atoms with Crippen molar-refractivity contribution in [2.75, 3.05) is 0 Å². The Morgan fingerprint density at radius 3 is 2.26 bits per heavy atom. The Morgan fingerprint density at radius 2 is 1.68 bits per heavy atom. The fourth-order valence-corrected chi connectivity index (χ4v) is 1.68. The number of hydrogen-bond acceptors (Lipinski definition) is 3. The predicted octanol–water partition coefficient (Wildman–Crippen LogP) is 1.75. The summed E-state index contributed by atoms with van der Waals surface area (Å²) < 4.78 is 5.63. The lowest BCUT2D eigenvalue weighted by atomic mass is 10.1. The van der Waals surface area contributed by atoms with Crippen molar-refractivity contribution >= 4 is 5.91 Å². The summed E-state index contributed by atoms with van der Waals surface area (Å²) in [5.74, 6) is 0.183. The molecule has 0 saturated heterocycles. The maximum absolute atomic E-state index is 11.0. The molecule has 4 heteroatoms. The van der Waals surface area contributed by atoms with Gasteiger partial charge in [0.05, 0.1) is 0 Å². The van der Waals surface area contributed by atoms with Crippen molar-refractivity contribution in [3.63, 3.8) is 0 Å². The maximum atomic E-state index is 11.0. The standard InChI is InChI=1S/C15H16N2O2/c16-14(15(17)18)12-6-8-13(9-7-12)19-10-11-4-2-1-3-5-11/h1-9,14H,10,16H2,(H2,17,18)/t14-/m1/s1. The second-order valence-electron chi connectivity index (χ2n) is 4.22. The van der Waals surface area contributed by atoms with Gasteiger partial charge in [0, 0.05) is 0 Å². The van der Waals surface area contributed by atoms with E-state index in [-0.39, 0.29) is 0 Å². The van der Waals surface area contributed by atoms with Gasteiger partial charge < -0.3 is 16.2 Å². The lowest BCUT2D eigenvalue weighted by Crippen LogP contribution is -2.28. The molecule has 0 fully saturated rings. The van der Waals surface area contributed by atoms with Gasteiger partial charge in [-0.15, -0.1) is 0 Å². The zero-order valence-corrected chi connectivity index (χ0v) is 10.5. The van der Waals surface area contributed by atoms with Gasteiger partial charge in [-0.2, -0.15) is 0 Å². The van der Waals surface area contributed by atoms with Crippen LogP contribution >= 0.6 is 0 Å². The summed E-state index contributed by atoms with van der Waals surface area (Å²) in [4.78, 5) is 11.0. The lowest BCUT2D eigenvalue weighted by Gasteiger charge is -2.10. The summed E-state index contributed by atoms with van der Waals surface area (Å²) in [5.41, 5.74) is 12.6. The SMILES string of the molecule is NC(=O)[C@H](N)c1ccc(OCc2ccccc2)cc1. The maximum Gasteiger partial charge on any atom is 0.238 e. The van der Waals surface area contributed by atoms with Crippen LogP contribution in [0.15, 0.2) is 54.6 Å². The molecule has 0 radical (unpaired) electrons. The van der Waals surface area contributed by atoms with Crippen LogP contribution in [0, 0.1) is 0 Å². The van der Waals surface area contributed by atoms with Crippen molar-refractivity contribution in [3.05, 3.63) is 65.7 Å². The van der Waals surface area contributed by atoms with Gasteiger partial charge >= 0.3 is 0 Å². The third-order valence-corrected chi connectivity index (χ3v) is 2.79. The number of carbonyl (C=O) groups is 1. The van der Waals surface area contributed by atoms with Crippen molar-refractivity contribution in [1.29, 1.82) is 0 Å². The van der Waals surface area contributed by atoms with Crippen molar-refractivity contribution in [3.8, 4) is 5.75 Å². The van der Waals surface area contributed by atoms with E-state index in [4.69, 9.17) is 16.2 Å². The Balaban J connectivity index is 1.97. The Hall–Kier alpha value is -2.33. The highest BCUT2D eigenvalue weighted by atomic mass is 16.5. The number of hydrogen-bond donors (Lipinski definition) is 2. The van der Waals surface area contributed by atoms with E-state index in [9.17, 15) is 4.79 Å². The molecule has 1 atom stereocenters. The third-order valence-electron chi connectivity index (χ3n) is 2.79. The predicted molar refractivity (Wildman–Crippen MR) is 73.3 cm³/mol. The van der Waals surface area contributed by atoms with Crippen molar-refractivity contribution in [2.24, 2.45) is 11.5 Å². The highest BCUT2D eigenvalue weighted by Crippen LogP contribution is 2.17. The molecule has 0 aliphatic rings. The van der Waals surface area contributed by atoms with Crippen molar-refractivity contribution in [2.45, 2.75) is 12.6 Å². The van der Waals surface area contributed by atoms with Gasteiger partial charge in [0.15, 0.2) is 0 Å². The molecular weight excluding hydrogens is 240 g/mol. The number of amides is 1. The summed E-state index contributed by atoms with van der Waals surface area (Å²) in [6.07, 6.45) is 0. The monoisotopic (exact) mass is 256 g/mol. The van der Waals surface area contributed by atoms with Gasteiger partial charge in [0.2, 0.25) is 5.91 Å². The molecule has 0 bridgehead atoms. The highest BCUT2D eigenvalue weighted by Gasteiger charge is 2.11. The lowest BCUT2D eigenvalue weighted by molar-refractivity contribution is -0.119. The van der Waals surface area contributed by atoms with Crippen molar-refractivity contribution in [1.82, 2.24) is 0 Å². The Morgan fingerprint density at radius 1 is 1.05 bits per heavy atom. The van der Waals surface area contributed by atoms with Gasteiger partial charge in [0.1, 0.15) is 18.4 Å². The number of primary amides is 1. The number of ether oxygens (including phenoxy) is 1. The fraction of sp³-hybridized carbons (Fsp3) is 0.133. The molecule has 0 saturated carbocycles. The summed E-state index contributed by atoms with van der Waals surface area (Å²) in [6.45, 7) is 0.502. The molecule has 0 aliphatic carbocycles. The number of rotatable bonds is 5. The summed E-state index contributed by atoms with van der Waals surface area (Å²) >= 11 is 0. The van der Waals surface area contributed by atoms with Gasteiger partial charge in [-0.3, -0.25) is 4.79 Å². The molecule has 2 rings (SSSR count). The number of nitrogens with two attached hydrogens (primary N) is 2. The largest absolute Gasteiger partial charge is 0.489 e. The van der Waals surface area contributed by atoms with Crippen LogP contribution in [-0.2, 0) is 11.4 Å². The van der Waals surface area contributed by atoms with Crippen LogP contribution < -0.4 is 16.2 Å². The van der Waals surface area contributed by atoms with Crippen LogP contribution in [0.1, 0.15) is 17.2 Å². The van der Waals surface area contributed by atoms with E-state index in [1.807, 2.05) is 30.3 Å². The van der Waals surface area contributed by atoms with E-state index in [1.165, 1.54) is 0 Å². The Kier molecular flexibility index (Phi) is 4.15. The first-order chi connectivity index (χ1) is 9.16. The summed E-state index contributed by atoms with van der Waals surface area (Å²) in [6, 6.07) is 16.2. The number of carbonyl (C=O) groups excluding carboxylic acids is 1. The summed E-state index contributed by atoms with van der Waals surface area (Å²) in [5, 5.41) is 0. The third kappa shape index (κ3) is 3.56. The normalized spacial score (nSPS) is 11.8.